The molecule has 38 heavy (non-hydrogen) atoms. The Bertz CT molecular complexity index is 1600. The maximum atomic E-state index is 13.7. The summed E-state index contributed by atoms with van der Waals surface area (Å²) in [7, 11) is -1.58. The van der Waals surface area contributed by atoms with Crippen LogP contribution in [0.4, 0.5) is 0 Å². The molecule has 2 heterocycles. The number of unbranched alkanes of at least 4 members (excludes halogenated alkanes) is 1. The predicted octanol–water partition coefficient (Wildman–Crippen LogP) is 5.31. The Hall–Kier alpha value is -4.11. The first kappa shape index (κ1) is 26.9. The van der Waals surface area contributed by atoms with E-state index in [4.69, 9.17) is 9.47 Å². The lowest BCUT2D eigenvalue weighted by molar-refractivity contribution is 0.395. The Labute approximate surface area is 221 Å². The zero-order valence-electron chi connectivity index (χ0n) is 21.7. The van der Waals surface area contributed by atoms with Crippen molar-refractivity contribution in [3.63, 3.8) is 0 Å². The molecule has 0 fully saturated rings. The third-order valence-electron chi connectivity index (χ3n) is 6.42. The van der Waals surface area contributed by atoms with Crippen LogP contribution in [0, 0.1) is 6.92 Å². The number of aromatic amines is 1. The van der Waals surface area contributed by atoms with Crippen LogP contribution in [-0.4, -0.2) is 37.7 Å². The van der Waals surface area contributed by atoms with Crippen LogP contribution < -0.4 is 15.0 Å². The largest absolute Gasteiger partial charge is 0.506 e. The van der Waals surface area contributed by atoms with Crippen LogP contribution in [-0.2, 0) is 16.3 Å². The first-order chi connectivity index (χ1) is 18.2. The van der Waals surface area contributed by atoms with Crippen molar-refractivity contribution < 1.29 is 23.0 Å². The van der Waals surface area contributed by atoms with Crippen molar-refractivity contribution in [2.45, 2.75) is 43.0 Å². The van der Waals surface area contributed by atoms with E-state index in [0.717, 1.165) is 23.1 Å². The average molecular weight is 535 g/mol. The highest BCUT2D eigenvalue weighted by molar-refractivity contribution is 7.91. The van der Waals surface area contributed by atoms with E-state index >= 15 is 0 Å². The molecule has 0 aliphatic heterocycles. The van der Waals surface area contributed by atoms with Gasteiger partial charge >= 0.3 is 0 Å². The normalized spacial score (nSPS) is 11.4. The van der Waals surface area contributed by atoms with Gasteiger partial charge in [0.2, 0.25) is 9.84 Å². The molecule has 2 N–H and O–H groups in total. The van der Waals surface area contributed by atoms with E-state index in [9.17, 15) is 18.3 Å². The van der Waals surface area contributed by atoms with E-state index < -0.39 is 26.0 Å². The van der Waals surface area contributed by atoms with Gasteiger partial charge in [-0.3, -0.25) is 4.79 Å². The molecule has 9 heteroatoms. The summed E-state index contributed by atoms with van der Waals surface area (Å²) in [6.45, 7) is 3.94. The average Bonchev–Trinajstić information content (AvgIpc) is 2.91. The first-order valence-electron chi connectivity index (χ1n) is 12.2. The molecule has 2 aromatic heterocycles. The molecule has 0 radical (unpaired) electrons. The van der Waals surface area contributed by atoms with Crippen LogP contribution in [0.5, 0.6) is 17.2 Å². The van der Waals surface area contributed by atoms with Gasteiger partial charge in [-0.1, -0.05) is 43.7 Å². The van der Waals surface area contributed by atoms with Gasteiger partial charge in [-0.25, -0.2) is 13.4 Å². The van der Waals surface area contributed by atoms with Gasteiger partial charge in [0.05, 0.1) is 25.3 Å². The van der Waals surface area contributed by atoms with Gasteiger partial charge < -0.3 is 19.6 Å². The van der Waals surface area contributed by atoms with Crippen molar-refractivity contribution in [1.29, 1.82) is 0 Å². The van der Waals surface area contributed by atoms with Crippen molar-refractivity contribution in [2.24, 2.45) is 0 Å². The van der Waals surface area contributed by atoms with Crippen molar-refractivity contribution in [3.05, 3.63) is 82.4 Å². The molecule has 0 bridgehead atoms. The third-order valence-corrected chi connectivity index (χ3v) is 8.13. The Morgan fingerprint density at radius 2 is 1.63 bits per heavy atom. The lowest BCUT2D eigenvalue weighted by Gasteiger charge is -2.19. The Morgan fingerprint density at radius 3 is 2.21 bits per heavy atom. The van der Waals surface area contributed by atoms with Gasteiger partial charge in [0.15, 0.2) is 9.92 Å². The molecule has 0 atom stereocenters. The number of rotatable bonds is 9. The molecule has 0 spiro atoms. The van der Waals surface area contributed by atoms with Gasteiger partial charge in [-0.2, -0.15) is 0 Å². The fraction of sp³-hybridized carbons (Fsp3) is 0.241. The summed E-state index contributed by atoms with van der Waals surface area (Å²) in [5, 5.41) is 11.1. The highest BCUT2D eigenvalue weighted by Crippen LogP contribution is 2.46. The molecule has 8 nitrogen and oxygen atoms in total. The minimum Gasteiger partial charge on any atom is -0.506 e. The second-order valence-electron chi connectivity index (χ2n) is 8.83. The molecule has 0 unspecified atom stereocenters. The number of H-pyrrole nitrogens is 1. The Morgan fingerprint density at radius 1 is 0.947 bits per heavy atom. The van der Waals surface area contributed by atoms with E-state index in [0.29, 0.717) is 35.6 Å². The molecule has 198 valence electrons. The number of aryl methyl sites for hydroxylation is 2. The summed E-state index contributed by atoms with van der Waals surface area (Å²) in [6, 6.07) is 15.7. The van der Waals surface area contributed by atoms with Gasteiger partial charge in [-0.05, 0) is 55.2 Å². The standard InChI is InChI=1S/C29H30N2O6S/c1-5-6-12-21-25(26-22(36-3)13-9-14-23(26)37-4)27(32)28(29(33)31-21)38(34,35)24-16-15-19(17-30-24)20-11-8-7-10-18(20)2/h7-11,13-17H,5-6,12H2,1-4H3,(H2,31,32,33). The molecular formula is C29H30N2O6S. The van der Waals surface area contributed by atoms with Crippen molar-refractivity contribution in [3.8, 4) is 39.5 Å². The molecule has 2 aromatic carbocycles. The number of hydrogen-bond donors (Lipinski definition) is 2. The summed E-state index contributed by atoms with van der Waals surface area (Å²) in [6.07, 6.45) is 3.37. The quantitative estimate of drug-likeness (QED) is 0.299. The number of methoxy groups -OCH3 is 2. The highest BCUT2D eigenvalue weighted by Gasteiger charge is 2.32. The molecule has 0 aliphatic rings. The minimum atomic E-state index is -4.50. The van der Waals surface area contributed by atoms with Crippen molar-refractivity contribution >= 4 is 9.84 Å². The van der Waals surface area contributed by atoms with E-state index in [2.05, 4.69) is 9.97 Å². The number of benzene rings is 2. The predicted molar refractivity (Wildman–Crippen MR) is 146 cm³/mol. The molecule has 4 aromatic rings. The number of sulfone groups is 1. The van der Waals surface area contributed by atoms with Crippen LogP contribution in [0.15, 0.2) is 75.5 Å². The van der Waals surface area contributed by atoms with Crippen LogP contribution in [0.3, 0.4) is 0 Å². The van der Waals surface area contributed by atoms with Crippen LogP contribution in [0.1, 0.15) is 31.0 Å². The van der Waals surface area contributed by atoms with E-state index in [-0.39, 0.29) is 10.6 Å². The lowest BCUT2D eigenvalue weighted by atomic mass is 9.98. The second kappa shape index (κ2) is 11.1. The summed E-state index contributed by atoms with van der Waals surface area (Å²) >= 11 is 0. The summed E-state index contributed by atoms with van der Waals surface area (Å²) in [4.78, 5) is 19.3. The van der Waals surface area contributed by atoms with E-state index in [1.54, 1.807) is 24.3 Å². The number of nitrogens with zero attached hydrogens (tertiary/aromatic N) is 1. The Balaban J connectivity index is 1.93. The fourth-order valence-corrected chi connectivity index (χ4v) is 5.78. The maximum absolute atomic E-state index is 13.7. The highest BCUT2D eigenvalue weighted by atomic mass is 32.2. The Kier molecular flexibility index (Phi) is 7.87. The van der Waals surface area contributed by atoms with Crippen molar-refractivity contribution in [2.75, 3.05) is 14.2 Å². The minimum absolute atomic E-state index is 0.141. The van der Waals surface area contributed by atoms with Crippen molar-refractivity contribution in [1.82, 2.24) is 9.97 Å². The van der Waals surface area contributed by atoms with Gasteiger partial charge in [-0.15, -0.1) is 0 Å². The summed E-state index contributed by atoms with van der Waals surface area (Å²) < 4.78 is 38.4. The molecular weight excluding hydrogens is 504 g/mol. The van der Waals surface area contributed by atoms with Gasteiger partial charge in [0, 0.05) is 17.5 Å². The molecule has 0 saturated heterocycles. The first-order valence-corrected chi connectivity index (χ1v) is 13.7. The van der Waals surface area contributed by atoms with Crippen LogP contribution in [0.25, 0.3) is 22.3 Å². The van der Waals surface area contributed by atoms with E-state index in [1.165, 1.54) is 26.5 Å². The molecule has 0 saturated carbocycles. The second-order valence-corrected chi connectivity index (χ2v) is 10.7. The zero-order valence-corrected chi connectivity index (χ0v) is 22.6. The summed E-state index contributed by atoms with van der Waals surface area (Å²) in [5.41, 5.74) is 2.61. The summed E-state index contributed by atoms with van der Waals surface area (Å²) in [5.74, 6) is 0.0365. The topological polar surface area (TPSA) is 119 Å². The van der Waals surface area contributed by atoms with Crippen LogP contribution in [0.2, 0.25) is 0 Å². The van der Waals surface area contributed by atoms with Crippen LogP contribution >= 0.6 is 0 Å². The lowest BCUT2D eigenvalue weighted by Crippen LogP contribution is -2.21. The van der Waals surface area contributed by atoms with Gasteiger partial charge in [0.1, 0.15) is 17.2 Å². The smallest absolute Gasteiger partial charge is 0.271 e. The number of hydrogen-bond acceptors (Lipinski definition) is 7. The maximum Gasteiger partial charge on any atom is 0.271 e. The zero-order chi connectivity index (χ0) is 27.4. The number of aromatic nitrogens is 2. The fourth-order valence-electron chi connectivity index (χ4n) is 4.48. The SMILES string of the molecule is CCCCc1[nH]c(=O)c(S(=O)(=O)c2ccc(-c3ccccc3C)cn2)c(O)c1-c1c(OC)cccc1OC. The molecule has 4 rings (SSSR count). The molecule has 0 aliphatic carbocycles. The van der Waals surface area contributed by atoms with E-state index in [1.807, 2.05) is 38.1 Å². The molecule has 0 amide bonds. The van der Waals surface area contributed by atoms with Gasteiger partial charge in [0.25, 0.3) is 5.56 Å². The third kappa shape index (κ3) is 4.89. The number of ether oxygens (including phenoxy) is 2. The monoisotopic (exact) mass is 534 g/mol. The number of nitrogens with one attached hydrogen (secondary N) is 1. The number of pyridine rings is 2. The number of aromatic hydroxyl groups is 1.